The Morgan fingerprint density at radius 3 is 2.16 bits per heavy atom. The molecule has 1 aromatic carbocycles. The molecule has 1 aliphatic rings. The van der Waals surface area contributed by atoms with Crippen LogP contribution in [0.5, 0.6) is 0 Å². The molecule has 1 saturated carbocycles. The number of hydrazine groups is 1. The number of alkyl halides is 3. The maximum Gasteiger partial charge on any atom is 0.416 e. The molecule has 0 saturated heterocycles. The Hall–Kier alpha value is -1.87. The van der Waals surface area contributed by atoms with Gasteiger partial charge in [0.1, 0.15) is 0 Å². The van der Waals surface area contributed by atoms with Crippen LogP contribution < -0.4 is 17.0 Å². The van der Waals surface area contributed by atoms with E-state index in [4.69, 9.17) is 16.7 Å². The molecule has 1 aromatic rings. The number of halogens is 3. The Kier molecular flexibility index (Phi) is 6.23. The highest BCUT2D eigenvalue weighted by Crippen LogP contribution is 2.40. The monoisotopic (exact) mass is 375 g/mol. The van der Waals surface area contributed by atoms with Gasteiger partial charge >= 0.3 is 12.1 Å². The maximum atomic E-state index is 12.6. The summed E-state index contributed by atoms with van der Waals surface area (Å²) in [6.07, 6.45) is -1.10. The van der Waals surface area contributed by atoms with Crippen LogP contribution in [0.15, 0.2) is 35.0 Å². The predicted octanol–water partition coefficient (Wildman–Crippen LogP) is 3.14. The highest BCUT2D eigenvalue weighted by atomic mass is 32.2. The number of nitrogens with two attached hydrogens (primary N) is 2. The first kappa shape index (κ1) is 19.5. The van der Waals surface area contributed by atoms with Gasteiger partial charge in [0.2, 0.25) is 0 Å². The molecule has 25 heavy (non-hydrogen) atoms. The van der Waals surface area contributed by atoms with E-state index in [1.165, 1.54) is 23.9 Å². The summed E-state index contributed by atoms with van der Waals surface area (Å²) in [6.45, 7) is 0. The first-order valence-corrected chi connectivity index (χ1v) is 8.63. The molecule has 1 aliphatic carbocycles. The van der Waals surface area contributed by atoms with Crippen molar-refractivity contribution in [3.8, 4) is 0 Å². The van der Waals surface area contributed by atoms with Crippen LogP contribution in [0.25, 0.3) is 0 Å². The number of nitrogens with one attached hydrogen (secondary N) is 1. The van der Waals surface area contributed by atoms with E-state index in [9.17, 15) is 18.0 Å². The fraction of sp³-hybridized carbons (Fsp3) is 0.438. The molecular weight excluding hydrogens is 355 g/mol. The highest BCUT2D eigenvalue weighted by Gasteiger charge is 2.31. The van der Waals surface area contributed by atoms with Crippen LogP contribution in [-0.2, 0) is 11.0 Å². The number of rotatable bonds is 5. The van der Waals surface area contributed by atoms with Crippen molar-refractivity contribution >= 4 is 17.7 Å². The fourth-order valence-electron chi connectivity index (χ4n) is 2.94. The van der Waals surface area contributed by atoms with Gasteiger partial charge in [0.25, 0.3) is 0 Å². The largest absolute Gasteiger partial charge is 0.476 e. The second-order valence-corrected chi connectivity index (χ2v) is 7.24. The van der Waals surface area contributed by atoms with Gasteiger partial charge in [-0.3, -0.25) is 5.84 Å². The molecule has 138 valence electrons. The summed E-state index contributed by atoms with van der Waals surface area (Å²) in [5, 5.41) is 9.26. The number of aliphatic carboxylic acids is 1. The Labute approximate surface area is 147 Å². The number of carbonyl (C=O) groups is 1. The zero-order valence-corrected chi connectivity index (χ0v) is 14.2. The molecule has 0 atom stereocenters. The van der Waals surface area contributed by atoms with E-state index < -0.39 is 17.7 Å². The Morgan fingerprint density at radius 1 is 1.16 bits per heavy atom. The van der Waals surface area contributed by atoms with Gasteiger partial charge in [0, 0.05) is 5.25 Å². The number of hydrogen-bond acceptors (Lipinski definition) is 5. The third-order valence-electron chi connectivity index (χ3n) is 4.28. The van der Waals surface area contributed by atoms with Gasteiger partial charge < -0.3 is 16.3 Å². The second kappa shape index (κ2) is 8.01. The Bertz CT molecular complexity index is 639. The van der Waals surface area contributed by atoms with E-state index in [1.54, 1.807) is 0 Å². The van der Waals surface area contributed by atoms with Gasteiger partial charge in [0.05, 0.1) is 10.6 Å². The average Bonchev–Trinajstić information content (AvgIpc) is 2.55. The van der Waals surface area contributed by atoms with Crippen molar-refractivity contribution in [1.82, 2.24) is 5.43 Å². The smallest absolute Gasteiger partial charge is 0.416 e. The molecule has 2 rings (SSSR count). The van der Waals surface area contributed by atoms with E-state index in [0.717, 1.165) is 43.4 Å². The number of hydrogen-bond donors (Lipinski definition) is 4. The van der Waals surface area contributed by atoms with Crippen molar-refractivity contribution in [2.24, 2.45) is 11.6 Å². The Balaban J connectivity index is 1.94. The lowest BCUT2D eigenvalue weighted by molar-refractivity contribution is -0.137. The summed E-state index contributed by atoms with van der Waals surface area (Å²) < 4.78 is 37.8. The second-order valence-electron chi connectivity index (χ2n) is 5.90. The van der Waals surface area contributed by atoms with Gasteiger partial charge in [0.15, 0.2) is 5.70 Å². The topological polar surface area (TPSA) is 101 Å². The molecule has 1 fully saturated rings. The summed E-state index contributed by atoms with van der Waals surface area (Å²) in [7, 11) is 0. The van der Waals surface area contributed by atoms with Crippen LogP contribution in [0.4, 0.5) is 13.2 Å². The van der Waals surface area contributed by atoms with E-state index in [1.807, 2.05) is 0 Å². The molecule has 0 aliphatic heterocycles. The molecular formula is C16H20F3N3O2S. The molecule has 0 spiro atoms. The molecule has 0 aromatic heterocycles. The van der Waals surface area contributed by atoms with Gasteiger partial charge in [-0.15, -0.1) is 11.8 Å². The summed E-state index contributed by atoms with van der Waals surface area (Å²) in [4.78, 5) is 11.0. The molecule has 0 unspecified atom stereocenters. The lowest BCUT2D eigenvalue weighted by atomic mass is 9.83. The minimum absolute atomic E-state index is 0.132. The van der Waals surface area contributed by atoms with E-state index in [0.29, 0.717) is 0 Å². The minimum Gasteiger partial charge on any atom is -0.476 e. The number of carboxylic acid groups (broad SMARTS) is 1. The third-order valence-corrected chi connectivity index (χ3v) is 5.54. The van der Waals surface area contributed by atoms with Crippen molar-refractivity contribution in [3.05, 3.63) is 46.1 Å². The molecule has 0 heterocycles. The van der Waals surface area contributed by atoms with Gasteiger partial charge in [-0.2, -0.15) is 13.2 Å². The van der Waals surface area contributed by atoms with Crippen LogP contribution in [0.1, 0.15) is 42.7 Å². The zero-order valence-electron chi connectivity index (χ0n) is 13.3. The lowest BCUT2D eigenvalue weighted by Crippen LogP contribution is -2.30. The summed E-state index contributed by atoms with van der Waals surface area (Å²) in [5.41, 5.74) is 7.89. The summed E-state index contributed by atoms with van der Waals surface area (Å²) in [5.74, 6) is 4.15. The fourth-order valence-corrected chi connectivity index (χ4v) is 4.07. The van der Waals surface area contributed by atoms with E-state index in [2.05, 4.69) is 5.43 Å². The molecule has 6 N–H and O–H groups in total. The molecule has 0 radical (unpaired) electrons. The first-order chi connectivity index (χ1) is 11.7. The zero-order chi connectivity index (χ0) is 18.6. The van der Waals surface area contributed by atoms with Crippen LogP contribution in [-0.4, -0.2) is 16.3 Å². The molecule has 5 nitrogen and oxygen atoms in total. The Morgan fingerprint density at radius 2 is 1.72 bits per heavy atom. The van der Waals surface area contributed by atoms with Crippen molar-refractivity contribution in [1.29, 1.82) is 0 Å². The standard InChI is InChI=1S/C16H20F3N3O2S/c17-16(18,19)11-5-1-9(2-6-11)10-3-7-12(8-4-10)25-14(20)13(22-21)15(23)24/h1-2,5-6,10,12,22H,3-4,7-8,20-21H2,(H,23,24)/b14-13+. The summed E-state index contributed by atoms with van der Waals surface area (Å²) in [6, 6.07) is 5.30. The minimum atomic E-state index is -4.32. The molecule has 9 heteroatoms. The van der Waals surface area contributed by atoms with E-state index >= 15 is 0 Å². The number of benzene rings is 1. The van der Waals surface area contributed by atoms with Crippen LogP contribution in [0, 0.1) is 0 Å². The molecule has 0 bridgehead atoms. The van der Waals surface area contributed by atoms with E-state index in [-0.39, 0.29) is 21.9 Å². The quantitative estimate of drug-likeness (QED) is 0.358. The number of thioether (sulfide) groups is 1. The normalized spacial score (nSPS) is 22.2. The molecule has 0 amide bonds. The van der Waals surface area contributed by atoms with Crippen molar-refractivity contribution in [2.45, 2.75) is 43.0 Å². The first-order valence-electron chi connectivity index (χ1n) is 7.75. The highest BCUT2D eigenvalue weighted by molar-refractivity contribution is 8.03. The van der Waals surface area contributed by atoms with Crippen molar-refractivity contribution < 1.29 is 23.1 Å². The van der Waals surface area contributed by atoms with Gasteiger partial charge in [-0.25, -0.2) is 4.79 Å². The summed E-state index contributed by atoms with van der Waals surface area (Å²) >= 11 is 1.27. The van der Waals surface area contributed by atoms with Crippen LogP contribution >= 0.6 is 11.8 Å². The van der Waals surface area contributed by atoms with Crippen molar-refractivity contribution in [3.63, 3.8) is 0 Å². The maximum absolute atomic E-state index is 12.6. The third kappa shape index (κ3) is 5.05. The van der Waals surface area contributed by atoms with Crippen LogP contribution in [0.3, 0.4) is 0 Å². The van der Waals surface area contributed by atoms with Crippen molar-refractivity contribution in [2.75, 3.05) is 0 Å². The SMILES string of the molecule is NN/C(C(=O)O)=C(\N)SC1CCC(c2ccc(C(F)(F)F)cc2)CC1. The van der Waals surface area contributed by atoms with Gasteiger partial charge in [-0.1, -0.05) is 12.1 Å². The van der Waals surface area contributed by atoms with Gasteiger partial charge in [-0.05, 0) is 49.3 Å². The average molecular weight is 375 g/mol. The predicted molar refractivity (Wildman–Crippen MR) is 90.2 cm³/mol. The lowest BCUT2D eigenvalue weighted by Gasteiger charge is -2.28. The number of carboxylic acids is 1. The van der Waals surface area contributed by atoms with Crippen LogP contribution in [0.2, 0.25) is 0 Å².